The van der Waals surface area contributed by atoms with Crippen molar-refractivity contribution in [2.75, 3.05) is 6.54 Å². The maximum atomic E-state index is 11.7. The Labute approximate surface area is 125 Å². The standard InChI is InChI=1S/C15H26N2O2S/c1-11(5-7-15(2,3)4)17-14(19)16-9-13(18)12-6-8-20-10-12/h6,8,10-11,13,18H,5,7,9H2,1-4H3,(H2,16,17,19). The average molecular weight is 298 g/mol. The second-order valence-corrected chi connectivity index (χ2v) is 7.21. The van der Waals surface area contributed by atoms with Crippen molar-refractivity contribution in [3.05, 3.63) is 22.4 Å². The van der Waals surface area contributed by atoms with Gasteiger partial charge in [-0.2, -0.15) is 11.3 Å². The van der Waals surface area contributed by atoms with Crippen LogP contribution in [0.15, 0.2) is 16.8 Å². The third-order valence-corrected chi connectivity index (χ3v) is 3.79. The minimum Gasteiger partial charge on any atom is -0.387 e. The van der Waals surface area contributed by atoms with E-state index in [0.29, 0.717) is 0 Å². The van der Waals surface area contributed by atoms with Crippen LogP contribution in [0, 0.1) is 5.41 Å². The number of carbonyl (C=O) groups is 1. The van der Waals surface area contributed by atoms with Crippen LogP contribution in [0.3, 0.4) is 0 Å². The predicted molar refractivity (Wildman–Crippen MR) is 84.0 cm³/mol. The molecule has 1 heterocycles. The monoisotopic (exact) mass is 298 g/mol. The lowest BCUT2D eigenvalue weighted by Gasteiger charge is -2.22. The molecule has 3 N–H and O–H groups in total. The van der Waals surface area contributed by atoms with E-state index in [-0.39, 0.29) is 24.0 Å². The lowest BCUT2D eigenvalue weighted by Crippen LogP contribution is -2.42. The van der Waals surface area contributed by atoms with Gasteiger partial charge in [-0.15, -0.1) is 0 Å². The number of hydrogen-bond acceptors (Lipinski definition) is 3. The van der Waals surface area contributed by atoms with Gasteiger partial charge in [-0.1, -0.05) is 20.8 Å². The van der Waals surface area contributed by atoms with E-state index < -0.39 is 6.10 Å². The van der Waals surface area contributed by atoms with Crippen molar-refractivity contribution in [2.45, 2.75) is 52.7 Å². The minimum absolute atomic E-state index is 0.132. The van der Waals surface area contributed by atoms with E-state index in [9.17, 15) is 9.90 Å². The van der Waals surface area contributed by atoms with Gasteiger partial charge in [0, 0.05) is 12.6 Å². The van der Waals surface area contributed by atoms with Crippen molar-refractivity contribution >= 4 is 17.4 Å². The van der Waals surface area contributed by atoms with Gasteiger partial charge in [-0.25, -0.2) is 4.79 Å². The smallest absolute Gasteiger partial charge is 0.315 e. The highest BCUT2D eigenvalue weighted by molar-refractivity contribution is 7.07. The first kappa shape index (κ1) is 17.0. The number of hydrogen-bond donors (Lipinski definition) is 3. The summed E-state index contributed by atoms with van der Waals surface area (Å²) < 4.78 is 0. The van der Waals surface area contributed by atoms with Crippen LogP contribution in [-0.2, 0) is 0 Å². The molecule has 20 heavy (non-hydrogen) atoms. The van der Waals surface area contributed by atoms with Gasteiger partial charge in [0.05, 0.1) is 6.10 Å². The number of amides is 2. The SMILES string of the molecule is CC(CCC(C)(C)C)NC(=O)NCC(O)c1ccsc1. The van der Waals surface area contributed by atoms with Gasteiger partial charge in [0.2, 0.25) is 0 Å². The summed E-state index contributed by atoms with van der Waals surface area (Å²) in [7, 11) is 0. The fourth-order valence-electron chi connectivity index (χ4n) is 1.77. The molecule has 4 nitrogen and oxygen atoms in total. The van der Waals surface area contributed by atoms with Gasteiger partial charge in [0.1, 0.15) is 0 Å². The van der Waals surface area contributed by atoms with Crippen LogP contribution in [0.5, 0.6) is 0 Å². The number of aliphatic hydroxyl groups excluding tert-OH is 1. The summed E-state index contributed by atoms with van der Waals surface area (Å²) in [5, 5.41) is 19.3. The molecule has 5 heteroatoms. The molecule has 114 valence electrons. The van der Waals surface area contributed by atoms with E-state index in [4.69, 9.17) is 0 Å². The molecule has 2 unspecified atom stereocenters. The maximum Gasteiger partial charge on any atom is 0.315 e. The molecule has 2 atom stereocenters. The summed E-state index contributed by atoms with van der Waals surface area (Å²) in [5.41, 5.74) is 1.12. The largest absolute Gasteiger partial charge is 0.387 e. The first-order valence-electron chi connectivity index (χ1n) is 7.02. The normalized spacial score (nSPS) is 14.7. The molecule has 0 spiro atoms. The zero-order valence-corrected chi connectivity index (χ0v) is 13.6. The third-order valence-electron chi connectivity index (χ3n) is 3.09. The van der Waals surface area contributed by atoms with Gasteiger partial charge in [-0.05, 0) is 47.6 Å². The molecule has 0 saturated carbocycles. The van der Waals surface area contributed by atoms with E-state index in [1.54, 1.807) is 0 Å². The summed E-state index contributed by atoms with van der Waals surface area (Å²) in [6, 6.07) is 1.77. The molecule has 0 aliphatic heterocycles. The van der Waals surface area contributed by atoms with Gasteiger partial charge in [0.25, 0.3) is 0 Å². The number of aliphatic hydroxyl groups is 1. The summed E-state index contributed by atoms with van der Waals surface area (Å²) in [5.74, 6) is 0. The maximum absolute atomic E-state index is 11.7. The highest BCUT2D eigenvalue weighted by atomic mass is 32.1. The van der Waals surface area contributed by atoms with Crippen molar-refractivity contribution in [3.8, 4) is 0 Å². The van der Waals surface area contributed by atoms with Gasteiger partial charge in [0.15, 0.2) is 0 Å². The number of carbonyl (C=O) groups excluding carboxylic acids is 1. The van der Waals surface area contributed by atoms with Crippen LogP contribution in [0.25, 0.3) is 0 Å². The molecule has 1 aromatic rings. The van der Waals surface area contributed by atoms with Crippen LogP contribution in [0.4, 0.5) is 4.79 Å². The number of nitrogens with one attached hydrogen (secondary N) is 2. The molecule has 1 aromatic heterocycles. The minimum atomic E-state index is -0.642. The quantitative estimate of drug-likeness (QED) is 0.754. The van der Waals surface area contributed by atoms with E-state index in [1.165, 1.54) is 11.3 Å². The van der Waals surface area contributed by atoms with Crippen molar-refractivity contribution in [3.63, 3.8) is 0 Å². The summed E-state index contributed by atoms with van der Waals surface area (Å²) in [6.07, 6.45) is 1.37. The summed E-state index contributed by atoms with van der Waals surface area (Å²) in [6.45, 7) is 8.81. The third kappa shape index (κ3) is 6.91. The van der Waals surface area contributed by atoms with Crippen LogP contribution >= 0.6 is 11.3 Å². The van der Waals surface area contributed by atoms with Crippen molar-refractivity contribution in [1.29, 1.82) is 0 Å². The molecule has 0 aliphatic rings. The molecular formula is C15H26N2O2S. The highest BCUT2D eigenvalue weighted by Crippen LogP contribution is 2.21. The Morgan fingerprint density at radius 3 is 2.70 bits per heavy atom. The van der Waals surface area contributed by atoms with Gasteiger partial charge < -0.3 is 15.7 Å². The Kier molecular flexibility index (Phi) is 6.49. The van der Waals surface area contributed by atoms with E-state index in [1.807, 2.05) is 23.8 Å². The van der Waals surface area contributed by atoms with Crippen LogP contribution < -0.4 is 10.6 Å². The fraction of sp³-hybridized carbons (Fsp3) is 0.667. The molecule has 0 bridgehead atoms. The van der Waals surface area contributed by atoms with Crippen molar-refractivity contribution < 1.29 is 9.90 Å². The van der Waals surface area contributed by atoms with E-state index >= 15 is 0 Å². The number of urea groups is 1. The second kappa shape index (κ2) is 7.64. The Bertz CT molecular complexity index is 399. The molecule has 2 amide bonds. The van der Waals surface area contributed by atoms with Crippen LogP contribution in [0.1, 0.15) is 52.2 Å². The van der Waals surface area contributed by atoms with Gasteiger partial charge >= 0.3 is 6.03 Å². The lowest BCUT2D eigenvalue weighted by atomic mass is 9.89. The van der Waals surface area contributed by atoms with Crippen molar-refractivity contribution in [1.82, 2.24) is 10.6 Å². The number of rotatable bonds is 6. The molecule has 0 aliphatic carbocycles. The first-order chi connectivity index (χ1) is 9.28. The van der Waals surface area contributed by atoms with Crippen LogP contribution in [-0.4, -0.2) is 23.7 Å². The Balaban J connectivity index is 2.23. The molecule has 0 radical (unpaired) electrons. The molecule has 0 saturated heterocycles. The zero-order chi connectivity index (χ0) is 15.2. The summed E-state index contributed by atoms with van der Waals surface area (Å²) in [4.78, 5) is 11.7. The number of thiophene rings is 1. The topological polar surface area (TPSA) is 61.4 Å². The Morgan fingerprint density at radius 1 is 1.45 bits per heavy atom. The van der Waals surface area contributed by atoms with E-state index in [2.05, 4.69) is 31.4 Å². The highest BCUT2D eigenvalue weighted by Gasteiger charge is 2.15. The fourth-order valence-corrected chi connectivity index (χ4v) is 2.48. The van der Waals surface area contributed by atoms with E-state index in [0.717, 1.165) is 18.4 Å². The molecular weight excluding hydrogens is 272 g/mol. The Morgan fingerprint density at radius 2 is 2.15 bits per heavy atom. The average Bonchev–Trinajstić information content (AvgIpc) is 2.86. The van der Waals surface area contributed by atoms with Crippen LogP contribution in [0.2, 0.25) is 0 Å². The molecule has 0 aromatic carbocycles. The Hall–Kier alpha value is -1.07. The summed E-state index contributed by atoms with van der Waals surface area (Å²) >= 11 is 1.53. The second-order valence-electron chi connectivity index (χ2n) is 6.43. The van der Waals surface area contributed by atoms with Gasteiger partial charge in [-0.3, -0.25) is 0 Å². The lowest BCUT2D eigenvalue weighted by molar-refractivity contribution is 0.172. The first-order valence-corrected chi connectivity index (χ1v) is 7.97. The van der Waals surface area contributed by atoms with Crippen molar-refractivity contribution in [2.24, 2.45) is 5.41 Å². The predicted octanol–water partition coefficient (Wildman–Crippen LogP) is 3.30. The molecule has 1 rings (SSSR count). The zero-order valence-electron chi connectivity index (χ0n) is 12.8. The molecule has 0 fully saturated rings.